The van der Waals surface area contributed by atoms with Crippen molar-refractivity contribution < 1.29 is 4.74 Å². The van der Waals surface area contributed by atoms with Gasteiger partial charge in [-0.2, -0.15) is 0 Å². The molecule has 0 aliphatic carbocycles. The number of hydrogen-bond donors (Lipinski definition) is 1. The molecule has 1 rings (SSSR count). The summed E-state index contributed by atoms with van der Waals surface area (Å²) < 4.78 is 6.73. The third-order valence-electron chi connectivity index (χ3n) is 2.35. The van der Waals surface area contributed by atoms with Crippen molar-refractivity contribution in [3.63, 3.8) is 0 Å². The van der Waals surface area contributed by atoms with E-state index in [4.69, 9.17) is 4.74 Å². The van der Waals surface area contributed by atoms with Gasteiger partial charge in [0.15, 0.2) is 0 Å². The maximum atomic E-state index is 5.75. The minimum Gasteiger partial charge on any atom is -0.477 e. The van der Waals surface area contributed by atoms with E-state index in [9.17, 15) is 0 Å². The smallest absolute Gasteiger partial charge is 0.217 e. The van der Waals surface area contributed by atoms with Gasteiger partial charge in [0.1, 0.15) is 0 Å². The van der Waals surface area contributed by atoms with Crippen molar-refractivity contribution in [1.82, 2.24) is 10.3 Å². The van der Waals surface area contributed by atoms with Gasteiger partial charge in [-0.1, -0.05) is 20.8 Å². The van der Waals surface area contributed by atoms with Gasteiger partial charge in [-0.25, -0.2) is 4.98 Å². The van der Waals surface area contributed by atoms with E-state index < -0.39 is 0 Å². The lowest BCUT2D eigenvalue weighted by Gasteiger charge is -2.18. The largest absolute Gasteiger partial charge is 0.477 e. The van der Waals surface area contributed by atoms with Crippen molar-refractivity contribution in [3.8, 4) is 5.88 Å². The van der Waals surface area contributed by atoms with Crippen molar-refractivity contribution in [2.75, 3.05) is 13.7 Å². The van der Waals surface area contributed by atoms with Gasteiger partial charge in [-0.05, 0) is 40.9 Å². The fourth-order valence-corrected chi connectivity index (χ4v) is 1.75. The molecule has 1 N–H and O–H groups in total. The quantitative estimate of drug-likeness (QED) is 0.905. The second-order valence-electron chi connectivity index (χ2n) is 5.31. The zero-order valence-corrected chi connectivity index (χ0v) is 12.6. The van der Waals surface area contributed by atoms with E-state index in [-0.39, 0.29) is 0 Å². The number of nitrogens with one attached hydrogen (secondary N) is 1. The summed E-state index contributed by atoms with van der Waals surface area (Å²) >= 11 is 3.42. The summed E-state index contributed by atoms with van der Waals surface area (Å²) in [5.74, 6) is 0.729. The van der Waals surface area contributed by atoms with E-state index in [1.165, 1.54) is 0 Å². The summed E-state index contributed by atoms with van der Waals surface area (Å²) in [7, 11) is 1.92. The van der Waals surface area contributed by atoms with E-state index in [2.05, 4.69) is 47.0 Å². The first kappa shape index (κ1) is 14.5. The van der Waals surface area contributed by atoms with Crippen LogP contribution < -0.4 is 10.1 Å². The van der Waals surface area contributed by atoms with E-state index in [0.29, 0.717) is 12.0 Å². The number of rotatable bonds is 5. The lowest BCUT2D eigenvalue weighted by molar-refractivity contribution is 0.234. The molecular formula is C13H21BrN2O. The first-order valence-corrected chi connectivity index (χ1v) is 6.63. The Hall–Kier alpha value is -0.610. The molecule has 3 nitrogen and oxygen atoms in total. The number of nitrogens with zero attached hydrogens (tertiary/aromatic N) is 1. The Labute approximate surface area is 112 Å². The number of hydrogen-bond acceptors (Lipinski definition) is 3. The maximum Gasteiger partial charge on any atom is 0.217 e. The fraction of sp³-hybridized carbons (Fsp3) is 0.615. The van der Waals surface area contributed by atoms with Crippen LogP contribution in [0, 0.1) is 5.41 Å². The van der Waals surface area contributed by atoms with Gasteiger partial charge in [-0.3, -0.25) is 0 Å². The van der Waals surface area contributed by atoms with Crippen LogP contribution in [0.3, 0.4) is 0 Å². The van der Waals surface area contributed by atoms with E-state index in [1.54, 1.807) is 6.20 Å². The molecule has 0 saturated carbocycles. The second kappa shape index (κ2) is 6.36. The molecule has 17 heavy (non-hydrogen) atoms. The summed E-state index contributed by atoms with van der Waals surface area (Å²) in [5, 5.41) is 3.12. The first-order chi connectivity index (χ1) is 7.92. The third kappa shape index (κ3) is 5.50. The Kier molecular flexibility index (Phi) is 5.40. The van der Waals surface area contributed by atoms with Crippen LogP contribution in [0.15, 0.2) is 16.7 Å². The van der Waals surface area contributed by atoms with Gasteiger partial charge >= 0.3 is 0 Å². The van der Waals surface area contributed by atoms with Crippen LogP contribution in [-0.2, 0) is 6.54 Å². The van der Waals surface area contributed by atoms with Gasteiger partial charge in [0.2, 0.25) is 5.88 Å². The summed E-state index contributed by atoms with van der Waals surface area (Å²) in [6, 6.07) is 2.04. The van der Waals surface area contributed by atoms with Gasteiger partial charge in [0, 0.05) is 22.8 Å². The molecule has 4 heteroatoms. The van der Waals surface area contributed by atoms with Crippen LogP contribution in [0.5, 0.6) is 5.88 Å². The van der Waals surface area contributed by atoms with Crippen molar-refractivity contribution in [2.45, 2.75) is 33.7 Å². The zero-order valence-electron chi connectivity index (χ0n) is 11.0. The van der Waals surface area contributed by atoms with E-state index in [1.807, 2.05) is 13.1 Å². The van der Waals surface area contributed by atoms with Crippen LogP contribution in [0.2, 0.25) is 0 Å². The Balaban J connectivity index is 2.63. The number of aromatic nitrogens is 1. The highest BCUT2D eigenvalue weighted by atomic mass is 79.9. The first-order valence-electron chi connectivity index (χ1n) is 5.84. The van der Waals surface area contributed by atoms with Crippen LogP contribution >= 0.6 is 15.9 Å². The predicted octanol–water partition coefficient (Wildman–Crippen LogP) is 3.38. The number of ether oxygens (including phenoxy) is 1. The molecule has 0 amide bonds. The minimum atomic E-state index is 0.290. The van der Waals surface area contributed by atoms with Gasteiger partial charge < -0.3 is 10.1 Å². The lowest BCUT2D eigenvalue weighted by Crippen LogP contribution is -2.13. The highest BCUT2D eigenvalue weighted by molar-refractivity contribution is 9.10. The van der Waals surface area contributed by atoms with Crippen molar-refractivity contribution >= 4 is 15.9 Å². The summed E-state index contributed by atoms with van der Waals surface area (Å²) in [6.07, 6.45) is 2.79. The predicted molar refractivity (Wildman–Crippen MR) is 74.3 cm³/mol. The molecule has 0 unspecified atom stereocenters. The normalized spacial score (nSPS) is 11.6. The topological polar surface area (TPSA) is 34.2 Å². The third-order valence-corrected chi connectivity index (χ3v) is 2.78. The molecule has 0 spiro atoms. The van der Waals surface area contributed by atoms with Gasteiger partial charge in [0.25, 0.3) is 0 Å². The summed E-state index contributed by atoms with van der Waals surface area (Å²) in [5.41, 5.74) is 1.37. The Morgan fingerprint density at radius 1 is 1.41 bits per heavy atom. The molecule has 1 heterocycles. The highest BCUT2D eigenvalue weighted by Crippen LogP contribution is 2.22. The molecular weight excluding hydrogens is 280 g/mol. The SMILES string of the molecule is CNCc1cc(Br)cnc1OCCC(C)(C)C. The monoisotopic (exact) mass is 300 g/mol. The number of halogens is 1. The molecule has 0 bridgehead atoms. The number of pyridine rings is 1. The Bertz CT molecular complexity index is 361. The van der Waals surface area contributed by atoms with Crippen LogP contribution in [0.1, 0.15) is 32.8 Å². The molecule has 0 atom stereocenters. The average molecular weight is 301 g/mol. The molecule has 0 radical (unpaired) electrons. The maximum absolute atomic E-state index is 5.75. The molecule has 96 valence electrons. The van der Waals surface area contributed by atoms with Crippen LogP contribution in [0.4, 0.5) is 0 Å². The van der Waals surface area contributed by atoms with Gasteiger partial charge in [0.05, 0.1) is 6.61 Å². The second-order valence-corrected chi connectivity index (χ2v) is 6.22. The van der Waals surface area contributed by atoms with Crippen molar-refractivity contribution in [1.29, 1.82) is 0 Å². The molecule has 0 aliphatic heterocycles. The standard InChI is InChI=1S/C13H21BrN2O/c1-13(2,3)5-6-17-12-10(8-15-4)7-11(14)9-16-12/h7,9,15H,5-6,8H2,1-4H3. The summed E-state index contributed by atoms with van der Waals surface area (Å²) in [4.78, 5) is 4.31. The molecule has 1 aromatic heterocycles. The van der Waals surface area contributed by atoms with E-state index >= 15 is 0 Å². The molecule has 0 fully saturated rings. The highest BCUT2D eigenvalue weighted by Gasteiger charge is 2.11. The Morgan fingerprint density at radius 3 is 2.71 bits per heavy atom. The minimum absolute atomic E-state index is 0.290. The Morgan fingerprint density at radius 2 is 2.12 bits per heavy atom. The molecule has 0 aromatic carbocycles. The van der Waals surface area contributed by atoms with Crippen molar-refractivity contribution in [2.24, 2.45) is 5.41 Å². The lowest BCUT2D eigenvalue weighted by atomic mass is 9.93. The summed E-state index contributed by atoms with van der Waals surface area (Å²) in [6.45, 7) is 8.09. The van der Waals surface area contributed by atoms with Gasteiger partial charge in [-0.15, -0.1) is 0 Å². The average Bonchev–Trinajstić information content (AvgIpc) is 2.20. The van der Waals surface area contributed by atoms with Crippen molar-refractivity contribution in [3.05, 3.63) is 22.3 Å². The van der Waals surface area contributed by atoms with E-state index in [0.717, 1.165) is 28.9 Å². The zero-order chi connectivity index (χ0) is 12.9. The van der Waals surface area contributed by atoms with Crippen LogP contribution in [-0.4, -0.2) is 18.6 Å². The molecule has 0 saturated heterocycles. The fourth-order valence-electron chi connectivity index (χ4n) is 1.37. The molecule has 1 aromatic rings. The molecule has 0 aliphatic rings. The van der Waals surface area contributed by atoms with Crippen LogP contribution in [0.25, 0.3) is 0 Å².